The summed E-state index contributed by atoms with van der Waals surface area (Å²) in [5.74, 6) is -1.95. The number of benzene rings is 2. The number of carbonyl (C=O) groups excluding carboxylic acids is 1. The van der Waals surface area contributed by atoms with Crippen LogP contribution < -0.4 is 9.47 Å². The Bertz CT molecular complexity index is 1080. The minimum atomic E-state index is -0.732. The number of hydrogen-bond donors (Lipinski definition) is 0. The van der Waals surface area contributed by atoms with E-state index in [0.29, 0.717) is 49.3 Å². The van der Waals surface area contributed by atoms with Crippen LogP contribution in [0.3, 0.4) is 0 Å². The van der Waals surface area contributed by atoms with E-state index in [1.165, 1.54) is 12.1 Å². The Morgan fingerprint density at radius 2 is 1.51 bits per heavy atom. The van der Waals surface area contributed by atoms with Crippen LogP contribution in [0, 0.1) is 29.3 Å². The van der Waals surface area contributed by atoms with Gasteiger partial charge in [0.2, 0.25) is 0 Å². The molecule has 0 spiro atoms. The molecular formula is C31H37F3O3. The maximum absolute atomic E-state index is 15.1. The third kappa shape index (κ3) is 6.77. The van der Waals surface area contributed by atoms with Crippen molar-refractivity contribution >= 4 is 5.97 Å². The Balaban J connectivity index is 1.31. The van der Waals surface area contributed by atoms with Crippen molar-refractivity contribution in [3.63, 3.8) is 0 Å². The second-order valence-electron chi connectivity index (χ2n) is 10.7. The average Bonchev–Trinajstić information content (AvgIpc) is 2.90. The highest BCUT2D eigenvalue weighted by atomic mass is 19.2. The van der Waals surface area contributed by atoms with Crippen LogP contribution in [-0.2, 0) is 4.79 Å². The Labute approximate surface area is 218 Å². The van der Waals surface area contributed by atoms with Crippen molar-refractivity contribution in [1.82, 2.24) is 0 Å². The highest BCUT2D eigenvalue weighted by molar-refractivity contribution is 5.75. The van der Waals surface area contributed by atoms with Gasteiger partial charge in [-0.1, -0.05) is 38.0 Å². The van der Waals surface area contributed by atoms with Crippen molar-refractivity contribution in [2.45, 2.75) is 83.0 Å². The highest BCUT2D eigenvalue weighted by Crippen LogP contribution is 2.41. The van der Waals surface area contributed by atoms with Crippen LogP contribution in [-0.4, -0.2) is 12.6 Å². The van der Waals surface area contributed by atoms with Crippen LogP contribution in [0.5, 0.6) is 11.5 Å². The number of allylic oxidation sites excluding steroid dienone is 1. The predicted octanol–water partition coefficient (Wildman–Crippen LogP) is 8.62. The monoisotopic (exact) mass is 514 g/mol. The first-order valence-corrected chi connectivity index (χ1v) is 13.6. The molecule has 0 bridgehead atoms. The summed E-state index contributed by atoms with van der Waals surface area (Å²) in [5, 5.41) is 0. The van der Waals surface area contributed by atoms with Gasteiger partial charge in [0.25, 0.3) is 0 Å². The van der Waals surface area contributed by atoms with E-state index in [1.54, 1.807) is 18.2 Å². The average molecular weight is 515 g/mol. The molecule has 2 aromatic rings. The summed E-state index contributed by atoms with van der Waals surface area (Å²) in [4.78, 5) is 12.7. The van der Waals surface area contributed by atoms with Gasteiger partial charge in [-0.05, 0) is 92.4 Å². The lowest BCUT2D eigenvalue weighted by Gasteiger charge is -2.29. The molecule has 0 atom stereocenters. The van der Waals surface area contributed by atoms with Gasteiger partial charge in [0, 0.05) is 6.07 Å². The second kappa shape index (κ2) is 12.7. The van der Waals surface area contributed by atoms with Crippen LogP contribution >= 0.6 is 0 Å². The summed E-state index contributed by atoms with van der Waals surface area (Å²) in [6, 6.07) is 7.65. The molecule has 0 unspecified atom stereocenters. The second-order valence-corrected chi connectivity index (χ2v) is 10.7. The van der Waals surface area contributed by atoms with Crippen LogP contribution in [0.2, 0.25) is 0 Å². The molecule has 0 amide bonds. The molecule has 2 aliphatic carbocycles. The molecule has 0 aromatic heterocycles. The Morgan fingerprint density at radius 1 is 0.919 bits per heavy atom. The van der Waals surface area contributed by atoms with E-state index in [-0.39, 0.29) is 29.3 Å². The van der Waals surface area contributed by atoms with Crippen molar-refractivity contribution in [3.8, 4) is 11.5 Å². The normalized spacial score (nSPS) is 23.9. The fourth-order valence-electron chi connectivity index (χ4n) is 5.69. The number of ether oxygens (including phenoxy) is 2. The SMILES string of the molecule is C=CCCCOc1ccc(OC(=O)C2CCC(c3ccc(C4CCC(C)CC4)c(F)c3F)CC2)cc1F. The summed E-state index contributed by atoms with van der Waals surface area (Å²) in [7, 11) is 0. The van der Waals surface area contributed by atoms with E-state index >= 15 is 8.78 Å². The van der Waals surface area contributed by atoms with E-state index < -0.39 is 23.4 Å². The van der Waals surface area contributed by atoms with Crippen molar-refractivity contribution in [3.05, 3.63) is 71.6 Å². The molecule has 4 rings (SSSR count). The number of esters is 1. The Kier molecular flexibility index (Phi) is 9.33. The Hall–Kier alpha value is -2.76. The smallest absolute Gasteiger partial charge is 0.314 e. The highest BCUT2D eigenvalue weighted by Gasteiger charge is 2.32. The zero-order valence-electron chi connectivity index (χ0n) is 21.6. The molecule has 0 radical (unpaired) electrons. The number of halogens is 3. The lowest BCUT2D eigenvalue weighted by molar-refractivity contribution is -0.140. The van der Waals surface area contributed by atoms with E-state index in [1.807, 2.05) is 0 Å². The minimum Gasteiger partial charge on any atom is -0.491 e. The first-order chi connectivity index (χ1) is 17.9. The molecule has 6 heteroatoms. The van der Waals surface area contributed by atoms with Crippen molar-refractivity contribution in [2.75, 3.05) is 6.61 Å². The van der Waals surface area contributed by atoms with Gasteiger partial charge in [0.1, 0.15) is 5.75 Å². The molecule has 2 saturated carbocycles. The van der Waals surface area contributed by atoms with E-state index in [0.717, 1.165) is 44.6 Å². The fourth-order valence-corrected chi connectivity index (χ4v) is 5.69. The lowest BCUT2D eigenvalue weighted by atomic mass is 9.76. The van der Waals surface area contributed by atoms with Crippen LogP contribution in [0.25, 0.3) is 0 Å². The molecule has 0 heterocycles. The molecule has 2 fully saturated rings. The van der Waals surface area contributed by atoms with Gasteiger partial charge < -0.3 is 9.47 Å². The van der Waals surface area contributed by atoms with Gasteiger partial charge in [-0.2, -0.15) is 0 Å². The third-order valence-corrected chi connectivity index (χ3v) is 8.03. The molecule has 37 heavy (non-hydrogen) atoms. The fraction of sp³-hybridized carbons (Fsp3) is 0.516. The number of hydrogen-bond acceptors (Lipinski definition) is 3. The summed E-state index contributed by atoms with van der Waals surface area (Å²) in [6.45, 7) is 6.22. The summed E-state index contributed by atoms with van der Waals surface area (Å²) < 4.78 is 55.3. The van der Waals surface area contributed by atoms with Gasteiger partial charge in [0.15, 0.2) is 23.2 Å². The maximum atomic E-state index is 15.1. The summed E-state index contributed by atoms with van der Waals surface area (Å²) in [5.41, 5.74) is 0.911. The standard InChI is InChI=1S/C31H37F3O3/c1-3-4-5-18-36-28-17-14-24(19-27(28)32)37-31(35)23-12-10-22(11-13-23)26-16-15-25(29(33)30(26)34)21-8-6-20(2)7-9-21/h3,14-17,19-23H,1,4-13,18H2,2H3. The molecule has 200 valence electrons. The van der Waals surface area contributed by atoms with Crippen molar-refractivity contribution in [2.24, 2.45) is 11.8 Å². The van der Waals surface area contributed by atoms with E-state index in [9.17, 15) is 9.18 Å². The van der Waals surface area contributed by atoms with Crippen LogP contribution in [0.4, 0.5) is 13.2 Å². The largest absolute Gasteiger partial charge is 0.491 e. The third-order valence-electron chi connectivity index (χ3n) is 8.03. The molecule has 3 nitrogen and oxygen atoms in total. The molecule has 0 N–H and O–H groups in total. The number of carbonyl (C=O) groups is 1. The number of rotatable bonds is 9. The van der Waals surface area contributed by atoms with Gasteiger partial charge in [-0.3, -0.25) is 4.79 Å². The summed E-state index contributed by atoms with van der Waals surface area (Å²) in [6.07, 6.45) is 9.37. The van der Waals surface area contributed by atoms with Crippen molar-refractivity contribution < 1.29 is 27.4 Å². The molecular weight excluding hydrogens is 477 g/mol. The van der Waals surface area contributed by atoms with Gasteiger partial charge in [-0.25, -0.2) is 13.2 Å². The van der Waals surface area contributed by atoms with E-state index in [2.05, 4.69) is 13.5 Å². The Morgan fingerprint density at radius 3 is 2.08 bits per heavy atom. The zero-order valence-corrected chi connectivity index (χ0v) is 21.6. The van der Waals surface area contributed by atoms with Crippen LogP contribution in [0.1, 0.15) is 94.1 Å². The van der Waals surface area contributed by atoms with Gasteiger partial charge in [0.05, 0.1) is 12.5 Å². The molecule has 2 aromatic carbocycles. The topological polar surface area (TPSA) is 35.5 Å². The molecule has 0 aliphatic heterocycles. The quantitative estimate of drug-likeness (QED) is 0.145. The maximum Gasteiger partial charge on any atom is 0.314 e. The molecule has 0 saturated heterocycles. The summed E-state index contributed by atoms with van der Waals surface area (Å²) >= 11 is 0. The molecule has 2 aliphatic rings. The number of unbranched alkanes of at least 4 members (excludes halogenated alkanes) is 1. The van der Waals surface area contributed by atoms with Crippen molar-refractivity contribution in [1.29, 1.82) is 0 Å². The minimum absolute atomic E-state index is 0.0907. The van der Waals surface area contributed by atoms with E-state index in [4.69, 9.17) is 9.47 Å². The lowest BCUT2D eigenvalue weighted by Crippen LogP contribution is -2.25. The first-order valence-electron chi connectivity index (χ1n) is 13.6. The zero-order chi connectivity index (χ0) is 26.4. The first kappa shape index (κ1) is 27.3. The van der Waals surface area contributed by atoms with Gasteiger partial charge >= 0.3 is 5.97 Å². The van der Waals surface area contributed by atoms with Crippen LogP contribution in [0.15, 0.2) is 43.0 Å². The predicted molar refractivity (Wildman–Crippen MR) is 138 cm³/mol. The van der Waals surface area contributed by atoms with Gasteiger partial charge in [-0.15, -0.1) is 6.58 Å².